The maximum atomic E-state index is 11.4. The molecular formula is C11H19NO2. The molecule has 80 valence electrons. The molecule has 3 heteroatoms. The molecule has 1 aliphatic rings. The first kappa shape index (κ1) is 11.2. The number of Topliss-reactive ketones (excluding diaryl/α,β-unsaturated/α-hetero) is 1. The van der Waals surface area contributed by atoms with Crippen molar-refractivity contribution < 1.29 is 9.59 Å². The minimum absolute atomic E-state index is 0.0373. The summed E-state index contributed by atoms with van der Waals surface area (Å²) in [5.41, 5.74) is 0. The Labute approximate surface area is 85.3 Å². The van der Waals surface area contributed by atoms with E-state index in [1.54, 1.807) is 6.92 Å². The normalized spacial score (nSPS) is 27.0. The van der Waals surface area contributed by atoms with Gasteiger partial charge in [-0.25, -0.2) is 0 Å². The van der Waals surface area contributed by atoms with Crippen LogP contribution in [0.2, 0.25) is 0 Å². The number of rotatable bonds is 3. The average molecular weight is 197 g/mol. The lowest BCUT2D eigenvalue weighted by Crippen LogP contribution is -2.37. The van der Waals surface area contributed by atoms with Crippen LogP contribution in [0, 0.1) is 5.92 Å². The summed E-state index contributed by atoms with van der Waals surface area (Å²) in [4.78, 5) is 22.2. The van der Waals surface area contributed by atoms with Gasteiger partial charge in [0.1, 0.15) is 5.78 Å². The summed E-state index contributed by atoms with van der Waals surface area (Å²) < 4.78 is 0. The summed E-state index contributed by atoms with van der Waals surface area (Å²) in [7, 11) is 0. The minimum Gasteiger partial charge on any atom is -0.354 e. The van der Waals surface area contributed by atoms with Crippen LogP contribution < -0.4 is 5.32 Å². The van der Waals surface area contributed by atoms with Crippen LogP contribution in [-0.2, 0) is 9.59 Å². The molecule has 0 radical (unpaired) electrons. The predicted molar refractivity (Wildman–Crippen MR) is 54.9 cm³/mol. The minimum atomic E-state index is 0.0373. The number of amides is 1. The van der Waals surface area contributed by atoms with Gasteiger partial charge in [-0.1, -0.05) is 6.92 Å². The lowest BCUT2D eigenvalue weighted by Gasteiger charge is -2.27. The molecule has 0 unspecified atom stereocenters. The Morgan fingerprint density at radius 1 is 1.21 bits per heavy atom. The molecule has 1 saturated carbocycles. The highest BCUT2D eigenvalue weighted by Gasteiger charge is 2.25. The van der Waals surface area contributed by atoms with E-state index in [2.05, 4.69) is 5.32 Å². The monoisotopic (exact) mass is 197 g/mol. The molecule has 0 saturated heterocycles. The summed E-state index contributed by atoms with van der Waals surface area (Å²) in [6.07, 6.45) is 4.44. The number of carbonyl (C=O) groups excluding carboxylic acids is 2. The Bertz CT molecular complexity index is 217. The smallest absolute Gasteiger partial charge is 0.217 e. The zero-order valence-electron chi connectivity index (χ0n) is 9.01. The van der Waals surface area contributed by atoms with E-state index in [-0.39, 0.29) is 11.8 Å². The van der Waals surface area contributed by atoms with Crippen LogP contribution in [0.3, 0.4) is 0 Å². The lowest BCUT2D eigenvalue weighted by atomic mass is 9.83. The Morgan fingerprint density at radius 3 is 2.21 bits per heavy atom. The first-order valence-electron chi connectivity index (χ1n) is 5.43. The second-order valence-electron chi connectivity index (χ2n) is 4.07. The van der Waals surface area contributed by atoms with Gasteiger partial charge in [-0.15, -0.1) is 0 Å². The van der Waals surface area contributed by atoms with Crippen LogP contribution in [0.5, 0.6) is 0 Å². The maximum Gasteiger partial charge on any atom is 0.217 e. The number of hydrogen-bond acceptors (Lipinski definition) is 2. The quantitative estimate of drug-likeness (QED) is 0.748. The van der Waals surface area contributed by atoms with Crippen molar-refractivity contribution in [1.82, 2.24) is 5.32 Å². The molecule has 0 aromatic carbocycles. The summed E-state index contributed by atoms with van der Waals surface area (Å²) in [5.74, 6) is 0.673. The van der Waals surface area contributed by atoms with Gasteiger partial charge in [0, 0.05) is 25.3 Å². The molecule has 0 aliphatic heterocycles. The average Bonchev–Trinajstić information content (AvgIpc) is 2.17. The molecule has 0 aromatic rings. The third-order valence-corrected chi connectivity index (χ3v) is 2.94. The Balaban J connectivity index is 2.31. The number of hydrogen-bond donors (Lipinski definition) is 1. The fraction of sp³-hybridized carbons (Fsp3) is 0.818. The van der Waals surface area contributed by atoms with Crippen LogP contribution >= 0.6 is 0 Å². The largest absolute Gasteiger partial charge is 0.354 e. The fourth-order valence-electron chi connectivity index (χ4n) is 2.14. The molecule has 1 rings (SSSR count). The molecule has 0 bridgehead atoms. The van der Waals surface area contributed by atoms with Gasteiger partial charge in [-0.05, 0) is 25.7 Å². The van der Waals surface area contributed by atoms with Crippen molar-refractivity contribution in [2.45, 2.75) is 52.0 Å². The van der Waals surface area contributed by atoms with Crippen molar-refractivity contribution in [1.29, 1.82) is 0 Å². The summed E-state index contributed by atoms with van der Waals surface area (Å²) in [6, 6.07) is 0.299. The van der Waals surface area contributed by atoms with E-state index in [9.17, 15) is 9.59 Å². The van der Waals surface area contributed by atoms with Crippen molar-refractivity contribution in [2.24, 2.45) is 5.92 Å². The standard InChI is InChI=1S/C11H19NO2/c1-3-11(14)9-4-6-10(7-5-9)12-8(2)13/h9-10H,3-7H2,1-2H3,(H,12,13). The second kappa shape index (κ2) is 5.13. The maximum absolute atomic E-state index is 11.4. The molecule has 1 aliphatic carbocycles. The van der Waals surface area contributed by atoms with Crippen LogP contribution in [0.1, 0.15) is 46.0 Å². The third kappa shape index (κ3) is 3.13. The van der Waals surface area contributed by atoms with Gasteiger partial charge >= 0.3 is 0 Å². The summed E-state index contributed by atoms with van der Waals surface area (Å²) >= 11 is 0. The first-order valence-corrected chi connectivity index (χ1v) is 5.43. The second-order valence-corrected chi connectivity index (χ2v) is 4.07. The van der Waals surface area contributed by atoms with Crippen LogP contribution in [0.4, 0.5) is 0 Å². The van der Waals surface area contributed by atoms with Crippen LogP contribution in [-0.4, -0.2) is 17.7 Å². The topological polar surface area (TPSA) is 46.2 Å². The van der Waals surface area contributed by atoms with E-state index in [4.69, 9.17) is 0 Å². The van der Waals surface area contributed by atoms with Gasteiger partial charge in [0.25, 0.3) is 0 Å². The van der Waals surface area contributed by atoms with Gasteiger partial charge in [-0.3, -0.25) is 9.59 Å². The number of carbonyl (C=O) groups is 2. The van der Waals surface area contributed by atoms with E-state index < -0.39 is 0 Å². The highest BCUT2D eigenvalue weighted by atomic mass is 16.1. The first-order chi connectivity index (χ1) is 6.63. The summed E-state index contributed by atoms with van der Waals surface area (Å²) in [6.45, 7) is 3.46. The zero-order chi connectivity index (χ0) is 10.6. The van der Waals surface area contributed by atoms with Gasteiger partial charge in [0.15, 0.2) is 0 Å². The zero-order valence-corrected chi connectivity index (χ0v) is 9.01. The molecule has 3 nitrogen and oxygen atoms in total. The van der Waals surface area contributed by atoms with Gasteiger partial charge in [0.05, 0.1) is 0 Å². The van der Waals surface area contributed by atoms with E-state index in [0.717, 1.165) is 25.7 Å². The Kier molecular flexibility index (Phi) is 4.11. The molecule has 1 fully saturated rings. The third-order valence-electron chi connectivity index (χ3n) is 2.94. The Morgan fingerprint density at radius 2 is 1.79 bits per heavy atom. The molecule has 1 N–H and O–H groups in total. The van der Waals surface area contributed by atoms with E-state index in [1.807, 2.05) is 6.92 Å². The van der Waals surface area contributed by atoms with E-state index >= 15 is 0 Å². The Hall–Kier alpha value is -0.860. The van der Waals surface area contributed by atoms with Crippen molar-refractivity contribution in [2.75, 3.05) is 0 Å². The summed E-state index contributed by atoms with van der Waals surface area (Å²) in [5, 5.41) is 2.91. The van der Waals surface area contributed by atoms with Crippen LogP contribution in [0.25, 0.3) is 0 Å². The molecule has 0 spiro atoms. The van der Waals surface area contributed by atoms with E-state index in [0.29, 0.717) is 18.2 Å². The predicted octanol–water partition coefficient (Wildman–Crippen LogP) is 1.66. The van der Waals surface area contributed by atoms with Gasteiger partial charge < -0.3 is 5.32 Å². The van der Waals surface area contributed by atoms with E-state index in [1.165, 1.54) is 0 Å². The molecular weight excluding hydrogens is 178 g/mol. The molecule has 14 heavy (non-hydrogen) atoms. The van der Waals surface area contributed by atoms with Crippen molar-refractivity contribution in [3.63, 3.8) is 0 Å². The van der Waals surface area contributed by atoms with Crippen molar-refractivity contribution in [3.8, 4) is 0 Å². The number of nitrogens with one attached hydrogen (secondary N) is 1. The SMILES string of the molecule is CCC(=O)C1CCC(NC(C)=O)CC1. The van der Waals surface area contributed by atoms with Gasteiger partial charge in [-0.2, -0.15) is 0 Å². The molecule has 1 amide bonds. The van der Waals surface area contributed by atoms with Gasteiger partial charge in [0.2, 0.25) is 5.91 Å². The molecule has 0 atom stereocenters. The fourth-order valence-corrected chi connectivity index (χ4v) is 2.14. The highest BCUT2D eigenvalue weighted by Crippen LogP contribution is 2.25. The number of ketones is 1. The molecule has 0 heterocycles. The van der Waals surface area contributed by atoms with Crippen LogP contribution in [0.15, 0.2) is 0 Å². The molecule has 0 aromatic heterocycles. The van der Waals surface area contributed by atoms with Crippen molar-refractivity contribution in [3.05, 3.63) is 0 Å². The highest BCUT2D eigenvalue weighted by molar-refractivity contribution is 5.80. The van der Waals surface area contributed by atoms with Crippen molar-refractivity contribution >= 4 is 11.7 Å². The lowest BCUT2D eigenvalue weighted by molar-refractivity contribution is -0.123.